The molecule has 0 bridgehead atoms. The molecule has 0 unspecified atom stereocenters. The molecule has 1 rings (SSSR count). The monoisotopic (exact) mass is 162 g/mol. The zero-order valence-corrected chi connectivity index (χ0v) is 7.38. The predicted molar refractivity (Wildman–Crippen MR) is 34.3 cm³/mol. The van der Waals surface area contributed by atoms with Crippen LogP contribution in [0.25, 0.3) is 0 Å². The second-order valence-corrected chi connectivity index (χ2v) is 2.48. The Balaban J connectivity index is 0.000000810. The maximum absolute atomic E-state index is 8.32. The molecule has 1 aromatic heterocycles. The third kappa shape index (κ3) is 2.52. The van der Waals surface area contributed by atoms with Gasteiger partial charge in [0.2, 0.25) is 0 Å². The number of rotatable bonds is 0. The Bertz CT molecular complexity index is 239. The number of halogens is 1. The predicted octanol–water partition coefficient (Wildman–Crippen LogP) is -3.25. The van der Waals surface area contributed by atoms with Crippen molar-refractivity contribution in [3.63, 3.8) is 0 Å². The number of pyridine rings is 1. The van der Waals surface area contributed by atoms with Crippen molar-refractivity contribution in [2.45, 2.75) is 0 Å². The molecule has 0 N–H and O–H groups in total. The van der Waals surface area contributed by atoms with Gasteiger partial charge in [0.15, 0.2) is 0 Å². The van der Waals surface area contributed by atoms with Gasteiger partial charge >= 0.3 is 65.7 Å². The average molecular weight is 163 g/mol. The van der Waals surface area contributed by atoms with E-state index in [0.717, 1.165) is 3.69 Å². The van der Waals surface area contributed by atoms with Gasteiger partial charge in [-0.2, -0.15) is 0 Å². The first kappa shape index (κ1) is 9.70. The van der Waals surface area contributed by atoms with E-state index in [-0.39, 0.29) is 12.4 Å². The van der Waals surface area contributed by atoms with Crippen LogP contribution in [0.15, 0.2) is 18.3 Å². The summed E-state index contributed by atoms with van der Waals surface area (Å²) in [5.41, 5.74) is 0.477. The van der Waals surface area contributed by atoms with Gasteiger partial charge in [0.05, 0.1) is 0 Å². The maximum atomic E-state index is 8.32. The fourth-order valence-corrected chi connectivity index (χ4v) is 0.700. The van der Waals surface area contributed by atoms with Gasteiger partial charge in [-0.1, -0.05) is 0 Å². The Kier molecular flexibility index (Phi) is 4.37. The van der Waals surface area contributed by atoms with Crippen LogP contribution in [0.2, 0.25) is 0 Å². The van der Waals surface area contributed by atoms with Crippen molar-refractivity contribution >= 4 is 25.4 Å². The normalized spacial score (nSPS) is 7.70. The van der Waals surface area contributed by atoms with Gasteiger partial charge in [0.1, 0.15) is 0 Å². The summed E-state index contributed by atoms with van der Waals surface area (Å²) >= 11 is 1.75. The zero-order valence-electron chi connectivity index (χ0n) is 5.21. The average Bonchev–Trinajstić information content (AvgIpc) is 1.90. The first-order chi connectivity index (χ1) is 4.33. The molecule has 1 heterocycles. The van der Waals surface area contributed by atoms with Crippen LogP contribution in [-0.2, 0) is 0 Å². The van der Waals surface area contributed by atoms with Crippen LogP contribution in [0.5, 0.6) is 0 Å². The Morgan fingerprint density at radius 2 is 2.20 bits per heavy atom. The van der Waals surface area contributed by atoms with Crippen molar-refractivity contribution in [3.8, 4) is 6.07 Å². The Morgan fingerprint density at radius 3 is 2.60 bits per heavy atom. The van der Waals surface area contributed by atoms with Gasteiger partial charge in [0, 0.05) is 0 Å². The minimum atomic E-state index is 0. The molecule has 0 aromatic carbocycles. The summed E-state index contributed by atoms with van der Waals surface area (Å²) < 4.78 is 1.11. The molecule has 2 nitrogen and oxygen atoms in total. The standard InChI is InChI=1S/C6H3N2.ClH.Mg/c7-5-6-3-1-2-4-8-6;;/h1,3-4H;1H;/q;;+1/p-1. The molecule has 0 aliphatic heterocycles. The molecule has 0 spiro atoms. The van der Waals surface area contributed by atoms with Gasteiger partial charge in [-0.15, -0.1) is 0 Å². The Morgan fingerprint density at radius 1 is 1.50 bits per heavy atom. The van der Waals surface area contributed by atoms with Crippen molar-refractivity contribution in [1.29, 1.82) is 5.26 Å². The first-order valence-electron chi connectivity index (χ1n) is 2.51. The van der Waals surface area contributed by atoms with Gasteiger partial charge in [0.25, 0.3) is 0 Å². The largest absolute Gasteiger partial charge is 1.00 e. The van der Waals surface area contributed by atoms with Crippen LogP contribution >= 0.6 is 0 Å². The van der Waals surface area contributed by atoms with E-state index in [4.69, 9.17) is 5.26 Å². The fourth-order valence-electron chi connectivity index (χ4n) is 0.491. The zero-order chi connectivity index (χ0) is 6.69. The van der Waals surface area contributed by atoms with E-state index in [1.807, 2.05) is 12.1 Å². The third-order valence-corrected chi connectivity index (χ3v) is 1.36. The number of hydrogen-bond donors (Lipinski definition) is 0. The van der Waals surface area contributed by atoms with Crippen LogP contribution in [0.4, 0.5) is 0 Å². The molecule has 0 amide bonds. The number of nitrogens with zero attached hydrogens (tertiary/aromatic N) is 2. The van der Waals surface area contributed by atoms with Gasteiger partial charge in [-0.25, -0.2) is 0 Å². The number of aromatic nitrogens is 1. The van der Waals surface area contributed by atoms with Crippen LogP contribution in [0.3, 0.4) is 0 Å². The van der Waals surface area contributed by atoms with E-state index in [2.05, 4.69) is 4.98 Å². The molecule has 0 saturated carbocycles. The van der Waals surface area contributed by atoms with Crippen LogP contribution in [0, 0.1) is 11.3 Å². The third-order valence-electron chi connectivity index (χ3n) is 0.939. The molecule has 0 radical (unpaired) electrons. The molecular formula is C6H3ClMgN2. The van der Waals surface area contributed by atoms with Crippen LogP contribution < -0.4 is 16.1 Å². The van der Waals surface area contributed by atoms with Crippen molar-refractivity contribution in [1.82, 2.24) is 4.98 Å². The summed E-state index contributed by atoms with van der Waals surface area (Å²) in [6.45, 7) is 0. The molecule has 4 heteroatoms. The molecule has 0 aliphatic carbocycles. The first-order valence-corrected chi connectivity index (χ1v) is 3.22. The van der Waals surface area contributed by atoms with Gasteiger partial charge in [-0.05, 0) is 0 Å². The summed E-state index contributed by atoms with van der Waals surface area (Å²) in [5.74, 6) is 0. The summed E-state index contributed by atoms with van der Waals surface area (Å²) in [6.07, 6.45) is 1.69. The summed E-state index contributed by atoms with van der Waals surface area (Å²) in [5, 5.41) is 8.32. The SMILES string of the molecule is N#Cc1cc[c]([Mg+])cn1.[Cl-]. The second-order valence-electron chi connectivity index (χ2n) is 1.66. The van der Waals surface area contributed by atoms with E-state index in [1.165, 1.54) is 0 Å². The number of nitriles is 1. The van der Waals surface area contributed by atoms with Crippen molar-refractivity contribution in [3.05, 3.63) is 24.0 Å². The summed E-state index contributed by atoms with van der Waals surface area (Å²) in [7, 11) is 0. The molecule has 10 heavy (non-hydrogen) atoms. The van der Waals surface area contributed by atoms with E-state index in [0.29, 0.717) is 5.69 Å². The Labute approximate surface area is 78.1 Å². The molecule has 46 valence electrons. The quantitative estimate of drug-likeness (QED) is 0.376. The molecular weight excluding hydrogens is 160 g/mol. The second kappa shape index (κ2) is 4.50. The Hall–Kier alpha value is -0.304. The molecule has 0 fully saturated rings. The summed E-state index contributed by atoms with van der Waals surface area (Å²) in [4.78, 5) is 3.84. The van der Waals surface area contributed by atoms with Crippen molar-refractivity contribution in [2.75, 3.05) is 0 Å². The van der Waals surface area contributed by atoms with E-state index in [9.17, 15) is 0 Å². The van der Waals surface area contributed by atoms with Crippen LogP contribution in [0.1, 0.15) is 5.69 Å². The van der Waals surface area contributed by atoms with E-state index in [1.54, 1.807) is 34.0 Å². The molecule has 0 atom stereocenters. The van der Waals surface area contributed by atoms with Gasteiger partial charge < -0.3 is 12.4 Å². The summed E-state index contributed by atoms with van der Waals surface area (Å²) in [6, 6.07) is 5.54. The van der Waals surface area contributed by atoms with Crippen molar-refractivity contribution < 1.29 is 12.4 Å². The van der Waals surface area contributed by atoms with Crippen molar-refractivity contribution in [2.24, 2.45) is 0 Å². The van der Waals surface area contributed by atoms with Gasteiger partial charge in [-0.3, -0.25) is 0 Å². The molecule has 0 saturated heterocycles. The minimum absolute atomic E-state index is 0. The minimum Gasteiger partial charge on any atom is -1.00 e. The fraction of sp³-hybridized carbons (Fsp3) is 0. The number of hydrogen-bond acceptors (Lipinski definition) is 2. The van der Waals surface area contributed by atoms with E-state index < -0.39 is 0 Å². The van der Waals surface area contributed by atoms with E-state index >= 15 is 0 Å². The molecule has 1 aromatic rings. The smallest absolute Gasteiger partial charge is 1.00 e. The maximum Gasteiger partial charge on any atom is -1.00 e. The molecule has 0 aliphatic rings. The van der Waals surface area contributed by atoms with Crippen LogP contribution in [-0.4, -0.2) is 26.7 Å². The topological polar surface area (TPSA) is 36.7 Å².